The summed E-state index contributed by atoms with van der Waals surface area (Å²) in [7, 11) is 1.85. The number of aryl methyl sites for hydroxylation is 1. The van der Waals surface area contributed by atoms with E-state index in [9.17, 15) is 13.6 Å². The molecule has 1 atom stereocenters. The molecule has 9 heteroatoms. The number of anilines is 1. The number of hydrogen-bond donors (Lipinski definition) is 1. The number of halogens is 2. The molecule has 0 spiro atoms. The predicted octanol–water partition coefficient (Wildman–Crippen LogP) is 3.34. The van der Waals surface area contributed by atoms with E-state index < -0.39 is 6.43 Å². The molecule has 3 rings (SSSR count). The highest BCUT2D eigenvalue weighted by Gasteiger charge is 2.30. The average molecular weight is 431 g/mol. The van der Waals surface area contributed by atoms with Crippen molar-refractivity contribution in [3.05, 3.63) is 47.8 Å². The number of pyridine rings is 2. The maximum Gasteiger partial charge on any atom is 0.265 e. The van der Waals surface area contributed by atoms with Gasteiger partial charge < -0.3 is 15.5 Å². The highest BCUT2D eigenvalue weighted by atomic mass is 19.3. The van der Waals surface area contributed by atoms with Crippen molar-refractivity contribution in [2.24, 2.45) is 16.6 Å². The van der Waals surface area contributed by atoms with Gasteiger partial charge in [0.05, 0.1) is 6.34 Å². The third kappa shape index (κ3) is 6.19. The van der Waals surface area contributed by atoms with Crippen molar-refractivity contribution < 1.29 is 13.6 Å². The SMILES string of the molecule is CN(CCN1CCC(CCCc2cccc(/N=C\N)n2)C1=O)c1ccc(C(F)F)cn1. The Bertz CT molecular complexity index is 890. The van der Waals surface area contributed by atoms with Gasteiger partial charge in [0, 0.05) is 50.1 Å². The third-order valence-corrected chi connectivity index (χ3v) is 5.51. The zero-order valence-corrected chi connectivity index (χ0v) is 17.6. The summed E-state index contributed by atoms with van der Waals surface area (Å²) in [5, 5.41) is 0. The molecule has 1 aliphatic heterocycles. The van der Waals surface area contributed by atoms with Crippen LogP contribution in [0.5, 0.6) is 0 Å². The van der Waals surface area contributed by atoms with Crippen molar-refractivity contribution in [3.63, 3.8) is 0 Å². The van der Waals surface area contributed by atoms with Gasteiger partial charge in [0.2, 0.25) is 5.91 Å². The zero-order valence-electron chi connectivity index (χ0n) is 17.6. The first kappa shape index (κ1) is 22.6. The van der Waals surface area contributed by atoms with Crippen LogP contribution in [0.2, 0.25) is 0 Å². The van der Waals surface area contributed by atoms with Gasteiger partial charge in [0.25, 0.3) is 6.43 Å². The number of carbonyl (C=O) groups is 1. The molecular weight excluding hydrogens is 402 g/mol. The third-order valence-electron chi connectivity index (χ3n) is 5.51. The predicted molar refractivity (Wildman–Crippen MR) is 117 cm³/mol. The van der Waals surface area contributed by atoms with Gasteiger partial charge in [-0.1, -0.05) is 6.07 Å². The van der Waals surface area contributed by atoms with Crippen LogP contribution in [0, 0.1) is 5.92 Å². The lowest BCUT2D eigenvalue weighted by Gasteiger charge is -2.23. The van der Waals surface area contributed by atoms with Gasteiger partial charge in [-0.2, -0.15) is 0 Å². The van der Waals surface area contributed by atoms with Crippen LogP contribution in [-0.4, -0.2) is 53.8 Å². The summed E-state index contributed by atoms with van der Waals surface area (Å²) in [6.45, 7) is 1.93. The first-order valence-corrected chi connectivity index (χ1v) is 10.4. The monoisotopic (exact) mass is 430 g/mol. The van der Waals surface area contributed by atoms with E-state index in [1.807, 2.05) is 29.0 Å². The molecule has 166 valence electrons. The van der Waals surface area contributed by atoms with Gasteiger partial charge in [-0.05, 0) is 49.9 Å². The van der Waals surface area contributed by atoms with Crippen LogP contribution in [0.25, 0.3) is 0 Å². The molecule has 1 amide bonds. The highest BCUT2D eigenvalue weighted by Crippen LogP contribution is 2.24. The highest BCUT2D eigenvalue weighted by molar-refractivity contribution is 5.80. The second-order valence-corrected chi connectivity index (χ2v) is 7.64. The Morgan fingerprint density at radius 2 is 2.19 bits per heavy atom. The Hall–Kier alpha value is -3.10. The van der Waals surface area contributed by atoms with Crippen LogP contribution in [-0.2, 0) is 11.2 Å². The molecule has 3 heterocycles. The van der Waals surface area contributed by atoms with E-state index in [1.54, 1.807) is 12.1 Å². The lowest BCUT2D eigenvalue weighted by molar-refractivity contribution is -0.131. The molecule has 0 aromatic carbocycles. The van der Waals surface area contributed by atoms with Crippen LogP contribution in [0.15, 0.2) is 41.5 Å². The van der Waals surface area contributed by atoms with Gasteiger partial charge >= 0.3 is 0 Å². The molecule has 31 heavy (non-hydrogen) atoms. The fourth-order valence-electron chi connectivity index (χ4n) is 3.71. The normalized spacial score (nSPS) is 16.6. The van der Waals surface area contributed by atoms with E-state index in [0.29, 0.717) is 24.7 Å². The minimum Gasteiger partial charge on any atom is -0.390 e. The van der Waals surface area contributed by atoms with E-state index in [-0.39, 0.29) is 17.4 Å². The molecule has 0 aliphatic carbocycles. The second kappa shape index (κ2) is 10.8. The molecule has 7 nitrogen and oxygen atoms in total. The quantitative estimate of drug-likeness (QED) is 0.461. The zero-order chi connectivity index (χ0) is 22.2. The number of nitrogens with zero attached hydrogens (tertiary/aromatic N) is 5. The number of aliphatic imine (C=N–C) groups is 1. The van der Waals surface area contributed by atoms with Crippen LogP contribution >= 0.6 is 0 Å². The van der Waals surface area contributed by atoms with E-state index in [2.05, 4.69) is 15.0 Å². The lowest BCUT2D eigenvalue weighted by Crippen LogP contribution is -2.35. The van der Waals surface area contributed by atoms with Crippen molar-refractivity contribution in [2.75, 3.05) is 31.6 Å². The first-order chi connectivity index (χ1) is 15.0. The summed E-state index contributed by atoms with van der Waals surface area (Å²) < 4.78 is 25.3. The van der Waals surface area contributed by atoms with Crippen LogP contribution in [0.1, 0.15) is 36.9 Å². The van der Waals surface area contributed by atoms with E-state index in [1.165, 1.54) is 18.6 Å². The number of nitrogens with two attached hydrogens (primary N) is 1. The number of likely N-dealkylation sites (N-methyl/N-ethyl adjacent to an activating group) is 1. The van der Waals surface area contributed by atoms with Gasteiger partial charge in [-0.15, -0.1) is 0 Å². The van der Waals surface area contributed by atoms with Crippen LogP contribution in [0.4, 0.5) is 20.4 Å². The Morgan fingerprint density at radius 3 is 2.90 bits per heavy atom. The Balaban J connectivity index is 1.42. The summed E-state index contributed by atoms with van der Waals surface area (Å²) in [6.07, 6.45) is 3.26. The number of amides is 1. The molecule has 2 aromatic rings. The van der Waals surface area contributed by atoms with Gasteiger partial charge in [-0.3, -0.25) is 4.79 Å². The fourth-order valence-corrected chi connectivity index (χ4v) is 3.71. The summed E-state index contributed by atoms with van der Waals surface area (Å²) in [5.41, 5.74) is 6.16. The van der Waals surface area contributed by atoms with Crippen molar-refractivity contribution >= 4 is 23.9 Å². The minimum absolute atomic E-state index is 0.0407. The molecule has 2 N–H and O–H groups in total. The maximum atomic E-state index is 12.7. The van der Waals surface area contributed by atoms with Gasteiger partial charge in [0.1, 0.15) is 5.82 Å². The smallest absolute Gasteiger partial charge is 0.265 e. The summed E-state index contributed by atoms with van der Waals surface area (Å²) in [5.74, 6) is 1.43. The van der Waals surface area contributed by atoms with Crippen molar-refractivity contribution in [1.29, 1.82) is 0 Å². The van der Waals surface area contributed by atoms with Crippen molar-refractivity contribution in [3.8, 4) is 0 Å². The summed E-state index contributed by atoms with van der Waals surface area (Å²) in [6, 6.07) is 8.62. The summed E-state index contributed by atoms with van der Waals surface area (Å²) in [4.78, 5) is 29.0. The molecule has 0 radical (unpaired) electrons. The Kier molecular flexibility index (Phi) is 7.86. The van der Waals surface area contributed by atoms with Crippen LogP contribution < -0.4 is 10.6 Å². The van der Waals surface area contributed by atoms with Crippen LogP contribution in [0.3, 0.4) is 0 Å². The van der Waals surface area contributed by atoms with E-state index in [0.717, 1.165) is 37.9 Å². The molecular formula is C22H28F2N6O. The number of carbonyl (C=O) groups excluding carboxylic acids is 1. The topological polar surface area (TPSA) is 87.7 Å². The first-order valence-electron chi connectivity index (χ1n) is 10.4. The minimum atomic E-state index is -2.52. The standard InChI is InChI=1S/C22H28F2N6O/c1-29(20-9-8-17(14-26-20)21(23)24)12-13-30-11-10-16(22(30)31)4-2-5-18-6-3-7-19(28-18)27-15-25/h3,6-9,14-16,21H,2,4-5,10-13H2,1H3,(H2,25,27,28). The molecule has 0 saturated carbocycles. The second-order valence-electron chi connectivity index (χ2n) is 7.64. The van der Waals surface area contributed by atoms with Gasteiger partial charge in [-0.25, -0.2) is 23.7 Å². The molecule has 1 aliphatic rings. The van der Waals surface area contributed by atoms with Gasteiger partial charge in [0.15, 0.2) is 5.82 Å². The van der Waals surface area contributed by atoms with Crippen molar-refractivity contribution in [2.45, 2.75) is 32.1 Å². The molecule has 1 unspecified atom stereocenters. The summed E-state index contributed by atoms with van der Waals surface area (Å²) >= 11 is 0. The number of alkyl halides is 2. The Labute approximate surface area is 181 Å². The van der Waals surface area contributed by atoms with E-state index in [4.69, 9.17) is 5.73 Å². The van der Waals surface area contributed by atoms with Crippen molar-refractivity contribution in [1.82, 2.24) is 14.9 Å². The van der Waals surface area contributed by atoms with E-state index >= 15 is 0 Å². The largest absolute Gasteiger partial charge is 0.390 e. The average Bonchev–Trinajstić information content (AvgIpc) is 3.12. The molecule has 2 aromatic heterocycles. The fraction of sp³-hybridized carbons (Fsp3) is 0.455. The number of rotatable bonds is 10. The number of hydrogen-bond acceptors (Lipinski definition) is 5. The molecule has 0 bridgehead atoms. The maximum absolute atomic E-state index is 12.7. The molecule has 1 fully saturated rings. The molecule has 1 saturated heterocycles. The lowest BCUT2D eigenvalue weighted by atomic mass is 10.00. The number of aromatic nitrogens is 2. The Morgan fingerprint density at radius 1 is 1.35 bits per heavy atom. The number of likely N-dealkylation sites (tertiary alicyclic amines) is 1.